The van der Waals surface area contributed by atoms with E-state index in [1.165, 1.54) is 12.4 Å². The molecule has 0 saturated heterocycles. The van der Waals surface area contributed by atoms with Crippen molar-refractivity contribution in [3.8, 4) is 0 Å². The van der Waals surface area contributed by atoms with Crippen LogP contribution in [0.15, 0.2) is 48.5 Å². The number of carbonyl (C=O) groups excluding carboxylic acids is 2. The Morgan fingerprint density at radius 1 is 0.844 bits per heavy atom. The second kappa shape index (κ2) is 9.56. The van der Waals surface area contributed by atoms with Crippen LogP contribution in [0, 0.1) is 25.1 Å². The van der Waals surface area contributed by atoms with E-state index in [1.54, 1.807) is 0 Å². The Balaban J connectivity index is 0.00000363. The standard InChI is InChI=1S/C27H34N2O2.Am/c1-17(2)22-20-14-10-8-12-18(20)19-13-9-11-15-21(19)23(22)29-25(31)27(5,6)16-26(3,4)24(30)28-7;/h8-15,17H,16H2,1-7H3,(H2,28,29,30,31);/p-1. The van der Waals surface area contributed by atoms with Crippen molar-refractivity contribution >= 4 is 39.0 Å². The van der Waals surface area contributed by atoms with Crippen molar-refractivity contribution in [1.82, 2.24) is 0 Å². The summed E-state index contributed by atoms with van der Waals surface area (Å²) < 4.78 is 0. The average molecular weight is 661 g/mol. The zero-order valence-electron chi connectivity index (χ0n) is 20.0. The van der Waals surface area contributed by atoms with Gasteiger partial charge in [-0.1, -0.05) is 90.1 Å². The summed E-state index contributed by atoms with van der Waals surface area (Å²) in [5.41, 5.74) is 0.552. The van der Waals surface area contributed by atoms with Gasteiger partial charge in [-0.15, -0.1) is 7.05 Å². The van der Waals surface area contributed by atoms with Gasteiger partial charge in [-0.2, -0.15) is 0 Å². The van der Waals surface area contributed by atoms with E-state index in [0.29, 0.717) is 6.42 Å². The van der Waals surface area contributed by atoms with Gasteiger partial charge in [-0.3, -0.25) is 4.79 Å². The summed E-state index contributed by atoms with van der Waals surface area (Å²) >= 11 is 0. The summed E-state index contributed by atoms with van der Waals surface area (Å²) in [4.78, 5) is 25.8. The molecule has 2 amide bonds. The third-order valence-electron chi connectivity index (χ3n) is 6.07. The Morgan fingerprint density at radius 2 is 1.31 bits per heavy atom. The van der Waals surface area contributed by atoms with Crippen molar-refractivity contribution in [2.75, 3.05) is 12.4 Å². The van der Waals surface area contributed by atoms with Gasteiger partial charge in [0.15, 0.2) is 0 Å². The van der Waals surface area contributed by atoms with E-state index in [0.717, 1.165) is 27.4 Å². The fraction of sp³-hybridized carbons (Fsp3) is 0.407. The van der Waals surface area contributed by atoms with E-state index in [4.69, 9.17) is 0 Å². The minimum absolute atomic E-state index is 0. The Kier molecular flexibility index (Phi) is 7.70. The molecule has 0 fully saturated rings. The maximum absolute atomic E-state index is 13.5. The first-order valence-electron chi connectivity index (χ1n) is 10.9. The molecule has 32 heavy (non-hydrogen) atoms. The van der Waals surface area contributed by atoms with Gasteiger partial charge in [-0.25, -0.2) is 0 Å². The van der Waals surface area contributed by atoms with E-state index in [2.05, 4.69) is 54.8 Å². The van der Waals surface area contributed by atoms with Crippen LogP contribution in [0.4, 0.5) is 5.69 Å². The molecule has 3 rings (SSSR count). The molecule has 0 unspecified atom stereocenters. The third kappa shape index (κ3) is 4.79. The summed E-state index contributed by atoms with van der Waals surface area (Å²) in [7, 11) is 1.51. The SMILES string of the molecule is C[N-]C(=O)C(C)(C)CC(C)(C)C(=O)Nc1c(C(C)C)c2ccccc2c2ccccc12.[Am]. The van der Waals surface area contributed by atoms with E-state index in [9.17, 15) is 9.59 Å². The predicted molar refractivity (Wildman–Crippen MR) is 131 cm³/mol. The van der Waals surface area contributed by atoms with Gasteiger partial charge in [0, 0.05) is 30.5 Å². The number of carbonyl (C=O) groups is 2. The van der Waals surface area contributed by atoms with Crippen molar-refractivity contribution in [2.24, 2.45) is 10.8 Å². The monoisotopic (exact) mass is 658 g/mol. The Hall–Kier alpha value is -2.49. The first kappa shape index (κ1) is 25.8. The molecule has 0 aromatic heterocycles. The van der Waals surface area contributed by atoms with Gasteiger partial charge in [0.2, 0.25) is 5.91 Å². The quantitative estimate of drug-likeness (QED) is 0.289. The fourth-order valence-corrected chi connectivity index (χ4v) is 4.75. The molecule has 0 aliphatic rings. The molecule has 3 aromatic rings. The van der Waals surface area contributed by atoms with Crippen molar-refractivity contribution in [3.05, 3.63) is 59.4 Å². The number of nitrogens with one attached hydrogen (secondary N) is 1. The van der Waals surface area contributed by atoms with Crippen LogP contribution in [0.25, 0.3) is 26.9 Å². The maximum Gasteiger partial charge on any atom is 0.230 e. The van der Waals surface area contributed by atoms with Gasteiger partial charge in [0.1, 0.15) is 0 Å². The van der Waals surface area contributed by atoms with Crippen LogP contribution in [-0.2, 0) is 9.59 Å². The van der Waals surface area contributed by atoms with Gasteiger partial charge in [0.25, 0.3) is 0 Å². The molecule has 3 aromatic carbocycles. The van der Waals surface area contributed by atoms with Gasteiger partial charge >= 0.3 is 0 Å². The minimum atomic E-state index is -0.745. The summed E-state index contributed by atoms with van der Waals surface area (Å²) in [5.74, 6) is -0.0518. The van der Waals surface area contributed by atoms with Gasteiger partial charge in [0.05, 0.1) is 11.6 Å². The second-order valence-electron chi connectivity index (χ2n) is 9.96. The summed E-state index contributed by atoms with van der Waals surface area (Å²) in [6.45, 7) is 11.8. The average Bonchev–Trinajstić information content (AvgIpc) is 2.72. The van der Waals surface area contributed by atoms with Crippen LogP contribution in [-0.4, -0.2) is 18.9 Å². The molecular weight excluding hydrogens is 627 g/mol. The van der Waals surface area contributed by atoms with Crippen molar-refractivity contribution in [2.45, 2.75) is 53.9 Å². The number of nitrogens with zero attached hydrogens (tertiary/aromatic N) is 1. The van der Waals surface area contributed by atoms with E-state index < -0.39 is 10.8 Å². The maximum atomic E-state index is 13.5. The van der Waals surface area contributed by atoms with Crippen molar-refractivity contribution in [1.29, 1.82) is 0 Å². The van der Waals surface area contributed by atoms with Crippen LogP contribution >= 0.6 is 0 Å². The first-order chi connectivity index (χ1) is 14.5. The van der Waals surface area contributed by atoms with Crippen LogP contribution < -0.4 is 5.32 Å². The van der Waals surface area contributed by atoms with Crippen LogP contribution in [0.2, 0.25) is 0 Å². The van der Waals surface area contributed by atoms with E-state index in [1.807, 2.05) is 45.9 Å². The molecule has 4 nitrogen and oxygen atoms in total. The zero-order chi connectivity index (χ0) is 23.0. The summed E-state index contributed by atoms with van der Waals surface area (Å²) in [6, 6.07) is 16.6. The Morgan fingerprint density at radius 3 is 1.81 bits per heavy atom. The second-order valence-corrected chi connectivity index (χ2v) is 9.96. The Bertz CT molecular complexity index is 1150. The third-order valence-corrected chi connectivity index (χ3v) is 6.07. The molecule has 0 bridgehead atoms. The normalized spacial score (nSPS) is 12.0. The molecule has 0 heterocycles. The molecule has 171 valence electrons. The van der Waals surface area contributed by atoms with E-state index >= 15 is 0 Å². The molecule has 0 spiro atoms. The number of benzene rings is 3. The number of anilines is 1. The largest absolute Gasteiger partial charge is 0.655 e. The fourth-order valence-electron chi connectivity index (χ4n) is 4.75. The number of hydrogen-bond acceptors (Lipinski definition) is 2. The molecule has 0 saturated carbocycles. The van der Waals surface area contributed by atoms with Crippen LogP contribution in [0.1, 0.15) is 59.4 Å². The number of amides is 2. The molecular formula is C27H33AmN2O2-. The summed E-state index contributed by atoms with van der Waals surface area (Å²) in [5, 5.41) is 11.6. The number of rotatable bonds is 6. The summed E-state index contributed by atoms with van der Waals surface area (Å²) in [6.07, 6.45) is 0.407. The zero-order valence-corrected chi connectivity index (χ0v) is 23.2. The molecule has 1 radical (unpaired) electrons. The number of hydrogen-bond donors (Lipinski definition) is 1. The Labute approximate surface area is 199 Å². The van der Waals surface area contributed by atoms with Crippen molar-refractivity contribution in [3.63, 3.8) is 0 Å². The van der Waals surface area contributed by atoms with Crippen molar-refractivity contribution < 1.29 is 23.9 Å². The molecule has 1 N–H and O–H groups in total. The topological polar surface area (TPSA) is 60.3 Å². The van der Waals surface area contributed by atoms with E-state index in [-0.39, 0.29) is 32.0 Å². The van der Waals surface area contributed by atoms with Gasteiger partial charge in [-0.05, 0) is 34.1 Å². The van der Waals surface area contributed by atoms with Crippen LogP contribution in [0.5, 0.6) is 0 Å². The number of fused-ring (bicyclic) bond motifs is 3. The molecule has 0 atom stereocenters. The minimum Gasteiger partial charge on any atom is -0.655 e. The molecule has 0 aliphatic heterocycles. The smallest absolute Gasteiger partial charge is 0.230 e. The molecule has 5 heteroatoms. The molecule has 0 aliphatic carbocycles. The first-order valence-corrected chi connectivity index (χ1v) is 10.9. The predicted octanol–water partition coefficient (Wildman–Crippen LogP) is 7.03. The van der Waals surface area contributed by atoms with Crippen LogP contribution in [0.3, 0.4) is 0 Å². The van der Waals surface area contributed by atoms with Gasteiger partial charge < -0.3 is 15.4 Å².